The first-order valence-corrected chi connectivity index (χ1v) is 19.4. The minimum atomic E-state index is -2.64. The van der Waals surface area contributed by atoms with Gasteiger partial charge in [0.15, 0.2) is 11.6 Å². The highest BCUT2D eigenvalue weighted by Gasteiger charge is 2.57. The van der Waals surface area contributed by atoms with Crippen LogP contribution in [0.15, 0.2) is 72.8 Å². The minimum Gasteiger partial charge on any atom is -0.407 e. The van der Waals surface area contributed by atoms with E-state index < -0.39 is 19.9 Å². The maximum atomic E-state index is 7.43. The largest absolute Gasteiger partial charge is 0.407 e. The summed E-state index contributed by atoms with van der Waals surface area (Å²) in [5.41, 5.74) is -0.146. The summed E-state index contributed by atoms with van der Waals surface area (Å²) in [5, 5.41) is 2.58. The molecule has 230 valence electrons. The number of hydrogen-bond acceptors (Lipinski definition) is 4. The summed E-state index contributed by atoms with van der Waals surface area (Å²) in [6.45, 7) is 16.8. The molecule has 6 heteroatoms. The van der Waals surface area contributed by atoms with E-state index in [0.29, 0.717) is 12.5 Å². The molecule has 0 saturated carbocycles. The van der Waals surface area contributed by atoms with Crippen molar-refractivity contribution >= 4 is 41.3 Å². The quantitative estimate of drug-likeness (QED) is 0.121. The average molecular weight is 703 g/mol. The molecule has 0 aliphatic carbocycles. The van der Waals surface area contributed by atoms with Crippen LogP contribution in [-0.2, 0) is 18.6 Å². The third-order valence-electron chi connectivity index (χ3n) is 10.1. The van der Waals surface area contributed by atoms with Crippen molar-refractivity contribution in [1.82, 2.24) is 0 Å². The number of ether oxygens (including phenoxy) is 3. The lowest BCUT2D eigenvalue weighted by Crippen LogP contribution is -2.67. The van der Waals surface area contributed by atoms with Gasteiger partial charge in [0.2, 0.25) is 0 Å². The van der Waals surface area contributed by atoms with Crippen molar-refractivity contribution in [1.29, 1.82) is 0 Å². The van der Waals surface area contributed by atoms with Gasteiger partial charge >= 0.3 is 0 Å². The molecule has 1 unspecified atom stereocenters. The zero-order valence-corrected chi connectivity index (χ0v) is 29.9. The Morgan fingerprint density at radius 3 is 2.12 bits per heavy atom. The summed E-state index contributed by atoms with van der Waals surface area (Å²) in [4.78, 5) is 0. The number of hydrogen-bond donors (Lipinski definition) is 0. The van der Waals surface area contributed by atoms with Crippen LogP contribution in [0, 0.1) is 17.8 Å². The number of rotatable bonds is 8. The topological polar surface area (TPSA) is 36.9 Å². The number of alkyl halides is 1. The smallest absolute Gasteiger partial charge is 0.261 e. The van der Waals surface area contributed by atoms with Gasteiger partial charge in [0.05, 0.1) is 11.7 Å². The van der Waals surface area contributed by atoms with Crippen LogP contribution in [0.5, 0.6) is 0 Å². The predicted molar refractivity (Wildman–Crippen MR) is 183 cm³/mol. The lowest BCUT2D eigenvalue weighted by atomic mass is 9.78. The zero-order chi connectivity index (χ0) is 30.2. The van der Waals surface area contributed by atoms with Crippen LogP contribution in [0.25, 0.3) is 0 Å². The van der Waals surface area contributed by atoms with Gasteiger partial charge in [-0.15, -0.1) is 0 Å². The van der Waals surface area contributed by atoms with Gasteiger partial charge in [0, 0.05) is 35.7 Å². The van der Waals surface area contributed by atoms with Crippen molar-refractivity contribution in [2.45, 2.75) is 109 Å². The summed E-state index contributed by atoms with van der Waals surface area (Å²) in [5.74, 6) is -0.484. The molecule has 0 radical (unpaired) electrons. The molecule has 0 aromatic heterocycles. The first-order valence-electron chi connectivity index (χ1n) is 16.0. The Bertz CT molecular complexity index is 1180. The van der Waals surface area contributed by atoms with Crippen LogP contribution in [0.1, 0.15) is 80.6 Å². The molecule has 2 fully saturated rings. The second kappa shape index (κ2) is 12.4. The Hall–Kier alpha value is -1.03. The van der Waals surface area contributed by atoms with Crippen molar-refractivity contribution in [3.05, 3.63) is 72.8 Å². The normalized spacial score (nSPS) is 34.2. The molecule has 42 heavy (non-hydrogen) atoms. The van der Waals surface area contributed by atoms with Gasteiger partial charge in [0.1, 0.15) is 0 Å². The Kier molecular flexibility index (Phi) is 9.55. The Labute approximate surface area is 269 Å². The highest BCUT2D eigenvalue weighted by atomic mass is 127. The van der Waals surface area contributed by atoms with Crippen LogP contribution in [-0.4, -0.2) is 42.6 Å². The highest BCUT2D eigenvalue weighted by molar-refractivity contribution is 14.1. The molecule has 0 amide bonds. The van der Waals surface area contributed by atoms with E-state index in [-0.39, 0.29) is 28.6 Å². The van der Waals surface area contributed by atoms with E-state index in [2.05, 4.69) is 144 Å². The third kappa shape index (κ3) is 5.97. The Balaban J connectivity index is 1.44. The van der Waals surface area contributed by atoms with Crippen LogP contribution >= 0.6 is 22.6 Å². The van der Waals surface area contributed by atoms with Gasteiger partial charge in [-0.2, -0.15) is 0 Å². The molecule has 4 nitrogen and oxygen atoms in total. The molecule has 2 spiro atoms. The molecule has 0 N–H and O–H groups in total. The van der Waals surface area contributed by atoms with Gasteiger partial charge in [0.25, 0.3) is 8.32 Å². The highest BCUT2D eigenvalue weighted by Crippen LogP contribution is 2.52. The van der Waals surface area contributed by atoms with Gasteiger partial charge < -0.3 is 18.6 Å². The van der Waals surface area contributed by atoms with E-state index >= 15 is 0 Å². The molecule has 7 atom stereocenters. The summed E-state index contributed by atoms with van der Waals surface area (Å²) in [6, 6.07) is 21.9. The fourth-order valence-corrected chi connectivity index (χ4v) is 12.9. The monoisotopic (exact) mass is 702 g/mol. The molecular formula is C36H51IO4Si. The number of halogens is 1. The van der Waals surface area contributed by atoms with Crippen LogP contribution in [0.2, 0.25) is 5.04 Å². The second-order valence-corrected chi connectivity index (χ2v) is 19.4. The molecule has 2 aromatic carbocycles. The number of benzene rings is 2. The van der Waals surface area contributed by atoms with Crippen LogP contribution < -0.4 is 10.4 Å². The Morgan fingerprint density at radius 1 is 0.976 bits per heavy atom. The first-order chi connectivity index (χ1) is 19.9. The van der Waals surface area contributed by atoms with E-state index in [4.69, 9.17) is 18.6 Å². The van der Waals surface area contributed by atoms with Crippen molar-refractivity contribution in [2.75, 3.05) is 11.0 Å². The predicted octanol–water partition coefficient (Wildman–Crippen LogP) is 8.02. The molecule has 5 rings (SSSR count). The standard InChI is InChI=1S/C36H51IO4Si/c1-8-29(25-38-42(33(4,5)6,30-16-11-9-12-17-30)31-18-13-10-14-19-31)32-27(2)24-28(3)36(39-32)21-15-20-35(41-36)23-22-34(7,26-37)40-35/h9-19,21,27-29,32H,8,20,22-26H2,1-7H3/t27-,28+,29?,32-,34+,35+,36-/m1/s1. The SMILES string of the molecule is CCC(CO[Si](c1ccccc1)(c1ccccc1)C(C)(C)C)[C@@H]1O[C@@]2(C=CC[C@@]3(CC[C@@](C)(CI)O3)O2)[C@@H](C)C[C@H]1C. The van der Waals surface area contributed by atoms with E-state index in [9.17, 15) is 0 Å². The maximum Gasteiger partial charge on any atom is 0.261 e. The van der Waals surface area contributed by atoms with Crippen LogP contribution in [0.4, 0.5) is 0 Å². The fourth-order valence-electron chi connectivity index (χ4n) is 7.71. The second-order valence-electron chi connectivity index (χ2n) is 14.4. The van der Waals surface area contributed by atoms with Crippen LogP contribution in [0.3, 0.4) is 0 Å². The lowest BCUT2D eigenvalue weighted by Gasteiger charge is -2.53. The summed E-state index contributed by atoms with van der Waals surface area (Å²) in [6.07, 6.45) is 9.21. The first kappa shape index (κ1) is 32.4. The molecule has 3 heterocycles. The summed E-state index contributed by atoms with van der Waals surface area (Å²) in [7, 11) is -2.64. The minimum absolute atomic E-state index is 0.0292. The van der Waals surface area contributed by atoms with E-state index in [0.717, 1.165) is 36.5 Å². The van der Waals surface area contributed by atoms with Gasteiger partial charge in [-0.1, -0.05) is 131 Å². The Morgan fingerprint density at radius 2 is 1.60 bits per heavy atom. The van der Waals surface area contributed by atoms with E-state index in [1.165, 1.54) is 10.4 Å². The molecule has 3 aliphatic rings. The van der Waals surface area contributed by atoms with Gasteiger partial charge in [-0.05, 0) is 53.6 Å². The molecule has 2 aromatic rings. The third-order valence-corrected chi connectivity index (χ3v) is 16.7. The molecular weight excluding hydrogens is 651 g/mol. The van der Waals surface area contributed by atoms with E-state index in [1.54, 1.807) is 0 Å². The van der Waals surface area contributed by atoms with Crippen molar-refractivity contribution in [2.24, 2.45) is 17.8 Å². The molecule has 2 saturated heterocycles. The van der Waals surface area contributed by atoms with E-state index in [1.807, 2.05) is 0 Å². The molecule has 3 aliphatic heterocycles. The maximum absolute atomic E-state index is 7.43. The molecule has 0 bridgehead atoms. The van der Waals surface area contributed by atoms with Crippen molar-refractivity contribution in [3.8, 4) is 0 Å². The van der Waals surface area contributed by atoms with Crippen molar-refractivity contribution in [3.63, 3.8) is 0 Å². The average Bonchev–Trinajstić information content (AvgIpc) is 3.29. The zero-order valence-electron chi connectivity index (χ0n) is 26.7. The van der Waals surface area contributed by atoms with Gasteiger partial charge in [-0.3, -0.25) is 0 Å². The lowest BCUT2D eigenvalue weighted by molar-refractivity contribution is -0.388. The fraction of sp³-hybridized carbons (Fsp3) is 0.611. The van der Waals surface area contributed by atoms with Crippen molar-refractivity contribution < 1.29 is 18.6 Å². The summed E-state index contributed by atoms with van der Waals surface area (Å²) < 4.78 is 29.3. The van der Waals surface area contributed by atoms with Gasteiger partial charge in [-0.25, -0.2) is 0 Å². The summed E-state index contributed by atoms with van der Waals surface area (Å²) >= 11 is 2.44.